The van der Waals surface area contributed by atoms with E-state index >= 15 is 0 Å². The highest BCUT2D eigenvalue weighted by Crippen LogP contribution is 2.27. The average Bonchev–Trinajstić information content (AvgIpc) is 2.80. The fraction of sp³-hybridized carbons (Fsp3) is 0.364. The molecule has 3 heterocycles. The summed E-state index contributed by atoms with van der Waals surface area (Å²) in [5.41, 5.74) is 1.11. The number of aliphatic hydroxyl groups is 1. The Labute approximate surface area is 186 Å². The van der Waals surface area contributed by atoms with Crippen molar-refractivity contribution in [1.82, 2.24) is 19.9 Å². The summed E-state index contributed by atoms with van der Waals surface area (Å²) in [5.74, 6) is -0.864. The Bertz CT molecular complexity index is 948. The lowest BCUT2D eigenvalue weighted by Gasteiger charge is -2.36. The molecule has 0 spiro atoms. The topological polar surface area (TPSA) is 107 Å². The Kier molecular flexibility index (Phi) is 8.23. The molecule has 1 amide bonds. The van der Waals surface area contributed by atoms with Crippen LogP contribution in [0.15, 0.2) is 49.8 Å². The molecule has 0 aromatic carbocycles. The van der Waals surface area contributed by atoms with Crippen molar-refractivity contribution < 1.29 is 14.3 Å². The minimum atomic E-state index is -0.631. The van der Waals surface area contributed by atoms with Crippen LogP contribution >= 0.6 is 0 Å². The van der Waals surface area contributed by atoms with Gasteiger partial charge in [-0.25, -0.2) is 15.0 Å². The quantitative estimate of drug-likeness (QED) is 0.379. The summed E-state index contributed by atoms with van der Waals surface area (Å²) in [5, 5.41) is 15.5. The van der Waals surface area contributed by atoms with Gasteiger partial charge in [-0.1, -0.05) is 12.2 Å². The molecule has 3 rings (SSSR count). The number of anilines is 3. The Morgan fingerprint density at radius 1 is 1.25 bits per heavy atom. The maximum Gasteiger partial charge on any atom is 0.274 e. The lowest BCUT2D eigenvalue weighted by Crippen LogP contribution is -2.46. The van der Waals surface area contributed by atoms with Crippen LogP contribution in [0.1, 0.15) is 16.9 Å². The van der Waals surface area contributed by atoms with Gasteiger partial charge in [0.05, 0.1) is 23.7 Å². The SMILES string of the molecule is C=CC[C@@H](O)CNc1nccc(C(=O)Nc2cnc(F)cc2N2CCN(CC=C)CC2)n1. The predicted molar refractivity (Wildman–Crippen MR) is 122 cm³/mol. The number of pyridine rings is 1. The molecule has 0 bridgehead atoms. The molecule has 0 radical (unpaired) electrons. The van der Waals surface area contributed by atoms with Crippen molar-refractivity contribution in [1.29, 1.82) is 0 Å². The molecule has 1 fully saturated rings. The molecule has 170 valence electrons. The molecule has 0 aliphatic carbocycles. The first-order chi connectivity index (χ1) is 15.5. The van der Waals surface area contributed by atoms with Crippen LogP contribution in [0.2, 0.25) is 0 Å². The minimum absolute atomic E-state index is 0.131. The summed E-state index contributed by atoms with van der Waals surface area (Å²) >= 11 is 0. The zero-order chi connectivity index (χ0) is 22.9. The monoisotopic (exact) mass is 441 g/mol. The zero-order valence-corrected chi connectivity index (χ0v) is 17.9. The standard InChI is InChI=1S/C22H28FN7O2/c1-3-5-16(31)14-26-22-24-7-6-17(28-22)21(32)27-18-15-25-20(23)13-19(18)30-11-9-29(8-4-2)10-12-30/h3-4,6-7,13,15-16,31H,1-2,5,8-12,14H2,(H,27,32)(H,24,26,28)/t16-/m1/s1. The number of piperazine rings is 1. The number of carbonyl (C=O) groups is 1. The zero-order valence-electron chi connectivity index (χ0n) is 17.9. The molecule has 1 aliphatic heterocycles. The second-order valence-corrected chi connectivity index (χ2v) is 7.38. The van der Waals surface area contributed by atoms with E-state index in [1.807, 2.05) is 11.0 Å². The van der Waals surface area contributed by atoms with Crippen LogP contribution in [0.4, 0.5) is 21.7 Å². The number of aromatic nitrogens is 3. The van der Waals surface area contributed by atoms with Crippen LogP contribution in [0, 0.1) is 5.95 Å². The molecule has 32 heavy (non-hydrogen) atoms. The number of rotatable bonds is 10. The molecule has 2 aromatic rings. The Hall–Kier alpha value is -3.37. The van der Waals surface area contributed by atoms with Crippen LogP contribution in [0.3, 0.4) is 0 Å². The lowest BCUT2D eigenvalue weighted by molar-refractivity contribution is 0.102. The summed E-state index contributed by atoms with van der Waals surface area (Å²) in [6.45, 7) is 11.4. The van der Waals surface area contributed by atoms with Gasteiger partial charge in [0.15, 0.2) is 0 Å². The maximum atomic E-state index is 13.9. The second-order valence-electron chi connectivity index (χ2n) is 7.38. The molecule has 0 unspecified atom stereocenters. The van der Waals surface area contributed by atoms with Gasteiger partial charge in [0.25, 0.3) is 5.91 Å². The van der Waals surface area contributed by atoms with E-state index in [0.29, 0.717) is 30.9 Å². The van der Waals surface area contributed by atoms with Gasteiger partial charge in [0.1, 0.15) is 5.69 Å². The number of hydrogen-bond acceptors (Lipinski definition) is 8. The number of nitrogens with zero attached hydrogens (tertiary/aromatic N) is 5. The van der Waals surface area contributed by atoms with E-state index < -0.39 is 18.0 Å². The first kappa shape index (κ1) is 23.3. The Balaban J connectivity index is 1.69. The first-order valence-electron chi connectivity index (χ1n) is 10.4. The Morgan fingerprint density at radius 3 is 2.75 bits per heavy atom. The highest BCUT2D eigenvalue weighted by atomic mass is 19.1. The summed E-state index contributed by atoms with van der Waals surface area (Å²) in [6, 6.07) is 2.80. The second kappa shape index (κ2) is 11.3. The highest BCUT2D eigenvalue weighted by molar-refractivity contribution is 6.04. The van der Waals surface area contributed by atoms with E-state index in [1.54, 1.807) is 6.08 Å². The van der Waals surface area contributed by atoms with Crippen molar-refractivity contribution >= 4 is 23.2 Å². The molecule has 2 aromatic heterocycles. The van der Waals surface area contributed by atoms with Gasteiger partial charge >= 0.3 is 0 Å². The van der Waals surface area contributed by atoms with Crippen LogP contribution in [0.25, 0.3) is 0 Å². The van der Waals surface area contributed by atoms with E-state index in [9.17, 15) is 14.3 Å². The number of hydrogen-bond donors (Lipinski definition) is 3. The van der Waals surface area contributed by atoms with Crippen molar-refractivity contribution in [3.8, 4) is 0 Å². The lowest BCUT2D eigenvalue weighted by atomic mass is 10.2. The third kappa shape index (κ3) is 6.32. The predicted octanol–water partition coefficient (Wildman–Crippen LogP) is 1.92. The molecule has 3 N–H and O–H groups in total. The number of nitrogens with one attached hydrogen (secondary N) is 2. The van der Waals surface area contributed by atoms with Crippen molar-refractivity contribution in [2.24, 2.45) is 0 Å². The summed E-state index contributed by atoms with van der Waals surface area (Å²) < 4.78 is 13.9. The van der Waals surface area contributed by atoms with Gasteiger partial charge in [-0.15, -0.1) is 13.2 Å². The van der Waals surface area contributed by atoms with Gasteiger partial charge in [-0.3, -0.25) is 9.69 Å². The smallest absolute Gasteiger partial charge is 0.274 e. The summed E-state index contributed by atoms with van der Waals surface area (Å²) in [6.07, 6.45) is 6.03. The van der Waals surface area contributed by atoms with Gasteiger partial charge < -0.3 is 20.6 Å². The number of amides is 1. The fourth-order valence-corrected chi connectivity index (χ4v) is 3.37. The number of carbonyl (C=O) groups excluding carboxylic acids is 1. The van der Waals surface area contributed by atoms with Crippen molar-refractivity contribution in [2.45, 2.75) is 12.5 Å². The average molecular weight is 442 g/mol. The molecule has 9 nitrogen and oxygen atoms in total. The third-order valence-electron chi connectivity index (χ3n) is 5.02. The van der Waals surface area contributed by atoms with Gasteiger partial charge in [-0.05, 0) is 12.5 Å². The van der Waals surface area contributed by atoms with Crippen LogP contribution in [-0.4, -0.2) is 76.2 Å². The first-order valence-corrected chi connectivity index (χ1v) is 10.4. The fourth-order valence-electron chi connectivity index (χ4n) is 3.37. The Morgan fingerprint density at radius 2 is 2.03 bits per heavy atom. The van der Waals surface area contributed by atoms with E-state index in [-0.39, 0.29) is 18.2 Å². The molecule has 10 heteroatoms. The molecular formula is C22H28FN7O2. The molecule has 1 atom stereocenters. The third-order valence-corrected chi connectivity index (χ3v) is 5.02. The number of aliphatic hydroxyl groups excluding tert-OH is 1. The van der Waals surface area contributed by atoms with Gasteiger partial charge in [0, 0.05) is 51.5 Å². The van der Waals surface area contributed by atoms with E-state index in [2.05, 4.69) is 43.6 Å². The van der Waals surface area contributed by atoms with Crippen molar-refractivity contribution in [3.63, 3.8) is 0 Å². The van der Waals surface area contributed by atoms with E-state index in [4.69, 9.17) is 0 Å². The molecule has 1 aliphatic rings. The summed E-state index contributed by atoms with van der Waals surface area (Å²) in [7, 11) is 0. The van der Waals surface area contributed by atoms with Crippen LogP contribution in [-0.2, 0) is 0 Å². The minimum Gasteiger partial charge on any atom is -0.391 e. The number of halogens is 1. The van der Waals surface area contributed by atoms with Crippen LogP contribution in [0.5, 0.6) is 0 Å². The largest absolute Gasteiger partial charge is 0.391 e. The normalized spacial score (nSPS) is 15.1. The van der Waals surface area contributed by atoms with Crippen molar-refractivity contribution in [3.05, 3.63) is 61.5 Å². The van der Waals surface area contributed by atoms with Gasteiger partial charge in [0.2, 0.25) is 11.9 Å². The van der Waals surface area contributed by atoms with Gasteiger partial charge in [-0.2, -0.15) is 4.39 Å². The van der Waals surface area contributed by atoms with E-state index in [1.165, 1.54) is 24.5 Å². The summed E-state index contributed by atoms with van der Waals surface area (Å²) in [4.78, 5) is 29.0. The molecule has 0 saturated carbocycles. The van der Waals surface area contributed by atoms with Crippen LogP contribution < -0.4 is 15.5 Å². The van der Waals surface area contributed by atoms with E-state index in [0.717, 1.165) is 19.6 Å². The maximum absolute atomic E-state index is 13.9. The molecule has 1 saturated heterocycles. The van der Waals surface area contributed by atoms with Crippen molar-refractivity contribution in [2.75, 3.05) is 54.8 Å². The molecular weight excluding hydrogens is 413 g/mol. The highest BCUT2D eigenvalue weighted by Gasteiger charge is 2.21.